The van der Waals surface area contributed by atoms with Gasteiger partial charge < -0.3 is 10.3 Å². The van der Waals surface area contributed by atoms with Crippen molar-refractivity contribution < 1.29 is 4.79 Å². The molecule has 1 saturated heterocycles. The summed E-state index contributed by atoms with van der Waals surface area (Å²) in [6.07, 6.45) is 5.01. The minimum Gasteiger partial charge on any atom is -0.328 e. The Bertz CT molecular complexity index is 1640. The van der Waals surface area contributed by atoms with Crippen LogP contribution in [0, 0.1) is 5.92 Å². The number of H-pyrrole nitrogens is 1. The SMILES string of the molecule is O=C(C1CCNCC1)N(Cc1ccc(-c2nc3cc[nH]c(=O)c3cc2-c2ccccc2)cc1)c1ccccn1. The lowest BCUT2D eigenvalue weighted by Crippen LogP contribution is -2.41. The third-order valence-electron chi connectivity index (χ3n) is 7.29. The first kappa shape index (κ1) is 24.7. The van der Waals surface area contributed by atoms with Gasteiger partial charge >= 0.3 is 0 Å². The molecule has 7 nitrogen and oxygen atoms in total. The van der Waals surface area contributed by atoms with Gasteiger partial charge in [0, 0.05) is 29.4 Å². The van der Waals surface area contributed by atoms with E-state index >= 15 is 0 Å². The van der Waals surface area contributed by atoms with Crippen molar-refractivity contribution in [3.63, 3.8) is 0 Å². The predicted octanol–water partition coefficient (Wildman–Crippen LogP) is 5.18. The van der Waals surface area contributed by atoms with Crippen molar-refractivity contribution in [3.8, 4) is 22.4 Å². The second-order valence-corrected chi connectivity index (χ2v) is 9.82. The molecular formula is C32H29N5O2. The number of aromatic nitrogens is 3. The fourth-order valence-corrected chi connectivity index (χ4v) is 5.19. The number of rotatable bonds is 6. The number of aromatic amines is 1. The molecule has 0 aliphatic carbocycles. The topological polar surface area (TPSA) is 91.0 Å². The summed E-state index contributed by atoms with van der Waals surface area (Å²) in [5, 5.41) is 3.89. The number of nitrogens with one attached hydrogen (secondary N) is 2. The monoisotopic (exact) mass is 515 g/mol. The molecule has 4 heterocycles. The highest BCUT2D eigenvalue weighted by atomic mass is 16.2. The number of fused-ring (bicyclic) bond motifs is 1. The summed E-state index contributed by atoms with van der Waals surface area (Å²) < 4.78 is 0. The molecule has 0 saturated carbocycles. The van der Waals surface area contributed by atoms with Gasteiger partial charge in [-0.3, -0.25) is 14.5 Å². The predicted molar refractivity (Wildman–Crippen MR) is 154 cm³/mol. The molecule has 0 radical (unpaired) electrons. The molecule has 0 unspecified atom stereocenters. The van der Waals surface area contributed by atoms with Crippen LogP contribution < -0.4 is 15.8 Å². The van der Waals surface area contributed by atoms with Gasteiger partial charge in [-0.2, -0.15) is 0 Å². The molecule has 3 aromatic heterocycles. The maximum Gasteiger partial charge on any atom is 0.257 e. The van der Waals surface area contributed by atoms with E-state index in [1.807, 2.05) is 84.9 Å². The highest BCUT2D eigenvalue weighted by molar-refractivity contribution is 5.94. The molecule has 0 bridgehead atoms. The largest absolute Gasteiger partial charge is 0.328 e. The van der Waals surface area contributed by atoms with E-state index in [0.29, 0.717) is 23.3 Å². The van der Waals surface area contributed by atoms with Gasteiger partial charge in [0.25, 0.3) is 5.56 Å². The van der Waals surface area contributed by atoms with Gasteiger partial charge in [0.1, 0.15) is 5.82 Å². The van der Waals surface area contributed by atoms with Gasteiger partial charge in [0.15, 0.2) is 0 Å². The third-order valence-corrected chi connectivity index (χ3v) is 7.29. The average Bonchev–Trinajstić information content (AvgIpc) is 3.01. The molecule has 194 valence electrons. The van der Waals surface area contributed by atoms with Gasteiger partial charge in [-0.25, -0.2) is 9.97 Å². The van der Waals surface area contributed by atoms with Crippen LogP contribution in [0.1, 0.15) is 18.4 Å². The van der Waals surface area contributed by atoms with Crippen molar-refractivity contribution in [2.75, 3.05) is 18.0 Å². The number of carbonyl (C=O) groups is 1. The van der Waals surface area contributed by atoms with Crippen molar-refractivity contribution >= 4 is 22.6 Å². The van der Waals surface area contributed by atoms with E-state index in [1.54, 1.807) is 17.3 Å². The number of benzene rings is 2. The van der Waals surface area contributed by atoms with Crippen LogP contribution in [0.5, 0.6) is 0 Å². The Kier molecular flexibility index (Phi) is 6.97. The fourth-order valence-electron chi connectivity index (χ4n) is 5.19. The summed E-state index contributed by atoms with van der Waals surface area (Å²) in [4.78, 5) is 40.0. The maximum atomic E-state index is 13.6. The van der Waals surface area contributed by atoms with Gasteiger partial charge in [-0.1, -0.05) is 60.7 Å². The van der Waals surface area contributed by atoms with E-state index in [9.17, 15) is 9.59 Å². The molecule has 2 aromatic carbocycles. The van der Waals surface area contributed by atoms with Crippen molar-refractivity contribution in [1.82, 2.24) is 20.3 Å². The van der Waals surface area contributed by atoms with E-state index in [-0.39, 0.29) is 17.4 Å². The summed E-state index contributed by atoms with van der Waals surface area (Å²) >= 11 is 0. The van der Waals surface area contributed by atoms with Gasteiger partial charge in [0.2, 0.25) is 5.91 Å². The second-order valence-electron chi connectivity index (χ2n) is 9.82. The minimum absolute atomic E-state index is 0.00842. The minimum atomic E-state index is -0.160. The van der Waals surface area contributed by atoms with E-state index < -0.39 is 0 Å². The van der Waals surface area contributed by atoms with Crippen molar-refractivity contribution in [3.05, 3.63) is 113 Å². The molecule has 7 heteroatoms. The van der Waals surface area contributed by atoms with Gasteiger partial charge in [0.05, 0.1) is 23.1 Å². The van der Waals surface area contributed by atoms with Crippen molar-refractivity contribution in [2.45, 2.75) is 19.4 Å². The number of pyridine rings is 3. The molecular weight excluding hydrogens is 486 g/mol. The summed E-state index contributed by atoms with van der Waals surface area (Å²) in [6.45, 7) is 2.15. The Morgan fingerprint density at radius 1 is 0.897 bits per heavy atom. The molecule has 39 heavy (non-hydrogen) atoms. The van der Waals surface area contributed by atoms with Gasteiger partial charge in [-0.15, -0.1) is 0 Å². The Hall–Kier alpha value is -4.62. The van der Waals surface area contributed by atoms with Crippen LogP contribution in [0.2, 0.25) is 0 Å². The smallest absolute Gasteiger partial charge is 0.257 e. The van der Waals surface area contributed by atoms with Crippen LogP contribution in [0.3, 0.4) is 0 Å². The Morgan fingerprint density at radius 3 is 2.41 bits per heavy atom. The standard InChI is InChI=1S/C32H29N5O2/c38-31-27-20-26(23-6-2-1-3-7-23)30(36-28(27)15-19-35-31)24-11-9-22(10-12-24)21-37(29-8-4-5-16-34-29)32(39)25-13-17-33-18-14-25/h1-12,15-16,19-20,25,33H,13-14,17-18,21H2,(H,35,38). The number of amides is 1. The Balaban J connectivity index is 1.35. The molecule has 2 N–H and O–H groups in total. The normalized spacial score (nSPS) is 13.8. The van der Waals surface area contributed by atoms with Crippen LogP contribution in [-0.4, -0.2) is 33.9 Å². The summed E-state index contributed by atoms with van der Waals surface area (Å²) in [5.41, 5.74) is 5.11. The molecule has 5 aromatic rings. The number of piperidine rings is 1. The highest BCUT2D eigenvalue weighted by Gasteiger charge is 2.27. The van der Waals surface area contributed by atoms with Crippen LogP contribution in [0.15, 0.2) is 102 Å². The summed E-state index contributed by atoms with van der Waals surface area (Å²) in [5.74, 6) is 0.774. The Morgan fingerprint density at radius 2 is 1.67 bits per heavy atom. The van der Waals surface area contributed by atoms with Gasteiger partial charge in [-0.05, 0) is 61.3 Å². The highest BCUT2D eigenvalue weighted by Crippen LogP contribution is 2.33. The third kappa shape index (κ3) is 5.22. The lowest BCUT2D eigenvalue weighted by molar-refractivity contribution is -0.123. The first-order chi connectivity index (χ1) is 19.2. The zero-order chi connectivity index (χ0) is 26.6. The number of hydrogen-bond acceptors (Lipinski definition) is 5. The molecule has 0 atom stereocenters. The average molecular weight is 516 g/mol. The number of nitrogens with zero attached hydrogens (tertiary/aromatic N) is 3. The van der Waals surface area contributed by atoms with E-state index in [1.165, 1.54) is 0 Å². The fraction of sp³-hybridized carbons (Fsp3) is 0.188. The zero-order valence-corrected chi connectivity index (χ0v) is 21.5. The quantitative estimate of drug-likeness (QED) is 0.325. The summed E-state index contributed by atoms with van der Waals surface area (Å²) in [6, 6.07) is 27.5. The van der Waals surface area contributed by atoms with E-state index in [2.05, 4.69) is 15.3 Å². The van der Waals surface area contributed by atoms with Crippen LogP contribution >= 0.6 is 0 Å². The molecule has 1 aliphatic rings. The zero-order valence-electron chi connectivity index (χ0n) is 21.5. The Labute approximate surface area is 226 Å². The molecule has 6 rings (SSSR count). The van der Waals surface area contributed by atoms with Crippen LogP contribution in [0.4, 0.5) is 5.82 Å². The number of carbonyl (C=O) groups excluding carboxylic acids is 1. The summed E-state index contributed by atoms with van der Waals surface area (Å²) in [7, 11) is 0. The lowest BCUT2D eigenvalue weighted by atomic mass is 9.95. The van der Waals surface area contributed by atoms with Crippen LogP contribution in [0.25, 0.3) is 33.3 Å². The van der Waals surface area contributed by atoms with Crippen molar-refractivity contribution in [2.24, 2.45) is 5.92 Å². The molecule has 0 spiro atoms. The lowest BCUT2D eigenvalue weighted by Gasteiger charge is -2.29. The maximum absolute atomic E-state index is 13.6. The number of anilines is 1. The second kappa shape index (κ2) is 11.0. The number of hydrogen-bond donors (Lipinski definition) is 2. The first-order valence-corrected chi connectivity index (χ1v) is 13.3. The van der Waals surface area contributed by atoms with E-state index in [4.69, 9.17) is 4.98 Å². The van der Waals surface area contributed by atoms with Crippen molar-refractivity contribution in [1.29, 1.82) is 0 Å². The van der Waals surface area contributed by atoms with Crippen LogP contribution in [-0.2, 0) is 11.3 Å². The molecule has 1 amide bonds. The molecule has 1 fully saturated rings. The molecule has 1 aliphatic heterocycles. The van der Waals surface area contributed by atoms with E-state index in [0.717, 1.165) is 53.9 Å². The first-order valence-electron chi connectivity index (χ1n) is 13.3.